The van der Waals surface area contributed by atoms with E-state index in [0.717, 1.165) is 0 Å². The predicted molar refractivity (Wildman–Crippen MR) is 57.3 cm³/mol. The molecule has 0 amide bonds. The van der Waals surface area contributed by atoms with Crippen molar-refractivity contribution in [3.63, 3.8) is 0 Å². The number of rotatable bonds is 3. The largest absolute Gasteiger partial charge is 1.00 e. The normalized spacial score (nSPS) is 10.3. The molecule has 1 aromatic carbocycles. The summed E-state index contributed by atoms with van der Waals surface area (Å²) in [6.45, 7) is -3.31. The van der Waals surface area contributed by atoms with E-state index in [1.165, 1.54) is 12.1 Å². The van der Waals surface area contributed by atoms with Crippen molar-refractivity contribution in [3.8, 4) is 12.3 Å². The zero-order chi connectivity index (χ0) is 12.3. The van der Waals surface area contributed by atoms with Crippen molar-refractivity contribution in [3.05, 3.63) is 34.4 Å². The molecule has 6 heteroatoms. The maximum atomic E-state index is 12.2. The summed E-state index contributed by atoms with van der Waals surface area (Å²) in [6.07, 6.45) is 4.66. The Morgan fingerprint density at radius 3 is 2.41 bits per heavy atom. The van der Waals surface area contributed by atoms with Gasteiger partial charge in [0.05, 0.1) is 0 Å². The fourth-order valence-electron chi connectivity index (χ4n) is 1.46. The minimum atomic E-state index is -4.92. The van der Waals surface area contributed by atoms with Gasteiger partial charge < -0.3 is 12.9 Å². The van der Waals surface area contributed by atoms with E-state index in [-0.39, 0.29) is 62.5 Å². The third-order valence-corrected chi connectivity index (χ3v) is 2.26. The monoisotopic (exact) mass is 264 g/mol. The molecule has 0 heterocycles. The number of halogens is 3. The molecule has 0 atom stereocenters. The SMILES string of the molecule is C#Cc1cc(C[B-](F)(F)F)cc(C=O)c1C.[K+]. The van der Waals surface area contributed by atoms with Crippen molar-refractivity contribution in [2.24, 2.45) is 0 Å². The molecule has 1 rings (SSSR count). The second kappa shape index (κ2) is 6.76. The average molecular weight is 264 g/mol. The van der Waals surface area contributed by atoms with Gasteiger partial charge in [-0.25, -0.2) is 0 Å². The number of hydrogen-bond acceptors (Lipinski definition) is 1. The first kappa shape index (κ1) is 16.9. The first-order valence-electron chi connectivity index (χ1n) is 4.63. The number of carbonyl (C=O) groups excluding carboxylic acids is 1. The molecule has 0 unspecified atom stereocenters. The van der Waals surface area contributed by atoms with Gasteiger partial charge in [-0.2, -0.15) is 0 Å². The van der Waals surface area contributed by atoms with Crippen LogP contribution in [0.15, 0.2) is 12.1 Å². The summed E-state index contributed by atoms with van der Waals surface area (Å²) in [7, 11) is 0. The van der Waals surface area contributed by atoms with E-state index in [9.17, 15) is 17.7 Å². The molecule has 0 spiro atoms. The Kier molecular flexibility index (Phi) is 6.74. The van der Waals surface area contributed by atoms with Gasteiger partial charge in [0, 0.05) is 11.1 Å². The van der Waals surface area contributed by atoms with E-state index in [1.807, 2.05) is 0 Å². The summed E-state index contributed by atoms with van der Waals surface area (Å²) >= 11 is 0. The third kappa shape index (κ3) is 4.98. The Balaban J connectivity index is 0.00000256. The van der Waals surface area contributed by atoms with Crippen molar-refractivity contribution >= 4 is 13.3 Å². The summed E-state index contributed by atoms with van der Waals surface area (Å²) in [6, 6.07) is 2.54. The van der Waals surface area contributed by atoms with Crippen LogP contribution in [0.2, 0.25) is 0 Å². The second-order valence-corrected chi connectivity index (χ2v) is 3.53. The molecule has 0 aliphatic carbocycles. The molecule has 0 aromatic heterocycles. The first-order chi connectivity index (χ1) is 7.37. The predicted octanol–water partition coefficient (Wildman–Crippen LogP) is -0.278. The standard InChI is InChI=1S/C11H9BF3O.K/c1-3-10-4-9(6-12(13,14)15)5-11(7-16)8(10)2;/h1,4-5,7H,6H2,2H3;/q-1;+1. The van der Waals surface area contributed by atoms with Gasteiger partial charge in [0.2, 0.25) is 0 Å². The van der Waals surface area contributed by atoms with E-state index in [1.54, 1.807) is 6.92 Å². The molecular formula is C11H9BF3KO. The van der Waals surface area contributed by atoms with Gasteiger partial charge in [-0.05, 0) is 18.6 Å². The molecule has 1 nitrogen and oxygen atoms in total. The van der Waals surface area contributed by atoms with E-state index >= 15 is 0 Å². The zero-order valence-electron chi connectivity index (χ0n) is 9.64. The smallest absolute Gasteiger partial charge is 0.449 e. The van der Waals surface area contributed by atoms with Crippen LogP contribution in [0, 0.1) is 19.3 Å². The molecule has 0 saturated carbocycles. The zero-order valence-corrected chi connectivity index (χ0v) is 12.8. The minimum absolute atomic E-state index is 0. The molecular weight excluding hydrogens is 255 g/mol. The average Bonchev–Trinajstić information content (AvgIpc) is 2.18. The van der Waals surface area contributed by atoms with Crippen LogP contribution < -0.4 is 51.4 Å². The quantitative estimate of drug-likeness (QED) is 0.417. The van der Waals surface area contributed by atoms with Crippen LogP contribution in [0.3, 0.4) is 0 Å². The van der Waals surface area contributed by atoms with Crippen LogP contribution >= 0.6 is 0 Å². The van der Waals surface area contributed by atoms with Gasteiger partial charge in [0.15, 0.2) is 0 Å². The van der Waals surface area contributed by atoms with Crippen LogP contribution in [-0.4, -0.2) is 13.3 Å². The van der Waals surface area contributed by atoms with E-state index < -0.39 is 13.3 Å². The van der Waals surface area contributed by atoms with Gasteiger partial charge in [0.1, 0.15) is 6.29 Å². The van der Waals surface area contributed by atoms with Crippen LogP contribution in [-0.2, 0) is 6.32 Å². The van der Waals surface area contributed by atoms with Crippen LogP contribution in [0.4, 0.5) is 12.9 Å². The first-order valence-corrected chi connectivity index (χ1v) is 4.63. The number of benzene rings is 1. The molecule has 0 aliphatic rings. The van der Waals surface area contributed by atoms with Crippen LogP contribution in [0.5, 0.6) is 0 Å². The Morgan fingerprint density at radius 2 is 2.00 bits per heavy atom. The minimum Gasteiger partial charge on any atom is -0.449 e. The molecule has 0 saturated heterocycles. The molecule has 0 radical (unpaired) electrons. The maximum absolute atomic E-state index is 12.2. The van der Waals surface area contributed by atoms with Crippen LogP contribution in [0.25, 0.3) is 0 Å². The molecule has 84 valence electrons. The van der Waals surface area contributed by atoms with Crippen molar-refractivity contribution < 1.29 is 69.1 Å². The fraction of sp³-hybridized carbons (Fsp3) is 0.182. The van der Waals surface area contributed by atoms with E-state index in [4.69, 9.17) is 6.42 Å². The Bertz CT molecular complexity index is 463. The molecule has 0 N–H and O–H groups in total. The van der Waals surface area contributed by atoms with Crippen molar-refractivity contribution in [1.82, 2.24) is 0 Å². The number of hydrogen-bond donors (Lipinski definition) is 0. The van der Waals surface area contributed by atoms with Crippen molar-refractivity contribution in [1.29, 1.82) is 0 Å². The van der Waals surface area contributed by atoms with Gasteiger partial charge in [-0.15, -0.1) is 6.42 Å². The molecule has 0 bridgehead atoms. The van der Waals surface area contributed by atoms with E-state index in [0.29, 0.717) is 17.4 Å². The summed E-state index contributed by atoms with van der Waals surface area (Å²) < 4.78 is 36.7. The summed E-state index contributed by atoms with van der Waals surface area (Å²) in [5.41, 5.74) is 1.12. The number of carbonyl (C=O) groups is 1. The Hall–Kier alpha value is -0.0587. The van der Waals surface area contributed by atoms with Gasteiger partial charge in [-0.1, -0.05) is 23.9 Å². The maximum Gasteiger partial charge on any atom is 1.00 e. The summed E-state index contributed by atoms with van der Waals surface area (Å²) in [5.74, 6) is 2.28. The van der Waals surface area contributed by atoms with Crippen molar-refractivity contribution in [2.75, 3.05) is 0 Å². The topological polar surface area (TPSA) is 17.1 Å². The van der Waals surface area contributed by atoms with Crippen molar-refractivity contribution in [2.45, 2.75) is 13.2 Å². The third-order valence-electron chi connectivity index (χ3n) is 2.26. The summed E-state index contributed by atoms with van der Waals surface area (Å²) in [5, 5.41) is 0. The van der Waals surface area contributed by atoms with Gasteiger partial charge >= 0.3 is 58.4 Å². The fourth-order valence-corrected chi connectivity index (χ4v) is 1.46. The molecule has 17 heavy (non-hydrogen) atoms. The molecule has 0 fully saturated rings. The van der Waals surface area contributed by atoms with Gasteiger partial charge in [-0.3, -0.25) is 4.79 Å². The Labute approximate surface area is 141 Å². The van der Waals surface area contributed by atoms with Crippen LogP contribution in [0.1, 0.15) is 27.0 Å². The number of terminal acetylenes is 1. The molecule has 0 aliphatic heterocycles. The number of aldehydes is 1. The Morgan fingerprint density at radius 1 is 1.41 bits per heavy atom. The second-order valence-electron chi connectivity index (χ2n) is 3.53. The molecule has 1 aromatic rings. The summed E-state index contributed by atoms with van der Waals surface area (Å²) in [4.78, 5) is 10.7. The van der Waals surface area contributed by atoms with Gasteiger partial charge in [0.25, 0.3) is 0 Å². The van der Waals surface area contributed by atoms with E-state index in [2.05, 4.69) is 5.92 Å².